The Hall–Kier alpha value is -2.08. The zero-order chi connectivity index (χ0) is 21.8. The van der Waals surface area contributed by atoms with E-state index in [1.807, 2.05) is 32.0 Å². The Balaban J connectivity index is 0. The molecule has 2 atom stereocenters. The lowest BCUT2D eigenvalue weighted by Gasteiger charge is -2.25. The summed E-state index contributed by atoms with van der Waals surface area (Å²) >= 11 is 0. The number of benzene rings is 1. The first-order chi connectivity index (χ1) is 13.6. The van der Waals surface area contributed by atoms with Crippen molar-refractivity contribution < 1.29 is 28.9 Å². The molecule has 1 aromatic carbocycles. The molecule has 0 fully saturated rings. The molecule has 0 aliphatic heterocycles. The lowest BCUT2D eigenvalue weighted by atomic mass is 9.83. The van der Waals surface area contributed by atoms with E-state index in [-0.39, 0.29) is 5.97 Å². The highest BCUT2D eigenvalue weighted by Crippen LogP contribution is 2.26. The minimum Gasteiger partial charge on any atom is -0.462 e. The van der Waals surface area contributed by atoms with E-state index in [1.165, 1.54) is 7.11 Å². The lowest BCUT2D eigenvalue weighted by Crippen LogP contribution is -2.19. The van der Waals surface area contributed by atoms with Crippen LogP contribution in [0.3, 0.4) is 0 Å². The van der Waals surface area contributed by atoms with Crippen LogP contribution in [0.1, 0.15) is 63.7 Å². The van der Waals surface area contributed by atoms with E-state index in [9.17, 15) is 9.59 Å². The standard InChI is InChI=1S/C19H28O5.C2H6.CH4O/c1-4-15(16(5-2)12-14-24-19(21)22-3)11-13-23-18(20)17-9-7-6-8-10-17;2*1-2/h6-10,15-16H,4-5,11-14H2,1-3H3;1-2H3;2H,1H3. The number of esters is 1. The summed E-state index contributed by atoms with van der Waals surface area (Å²) in [6.45, 7) is 9.01. The van der Waals surface area contributed by atoms with E-state index in [4.69, 9.17) is 14.6 Å². The Morgan fingerprint density at radius 3 is 1.79 bits per heavy atom. The molecule has 0 bridgehead atoms. The number of ether oxygens (including phenoxy) is 3. The fourth-order valence-corrected chi connectivity index (χ4v) is 2.86. The normalized spacial score (nSPS) is 11.5. The van der Waals surface area contributed by atoms with Crippen LogP contribution in [0.25, 0.3) is 0 Å². The van der Waals surface area contributed by atoms with E-state index in [1.54, 1.807) is 12.1 Å². The highest BCUT2D eigenvalue weighted by Gasteiger charge is 2.19. The van der Waals surface area contributed by atoms with Crippen molar-refractivity contribution in [2.24, 2.45) is 11.8 Å². The maximum absolute atomic E-state index is 11.9. The number of aliphatic hydroxyl groups is 1. The molecule has 0 heterocycles. The topological polar surface area (TPSA) is 82.1 Å². The van der Waals surface area contributed by atoms with Gasteiger partial charge in [-0.1, -0.05) is 58.7 Å². The van der Waals surface area contributed by atoms with Crippen LogP contribution in [0.2, 0.25) is 0 Å². The van der Waals surface area contributed by atoms with Gasteiger partial charge in [0.1, 0.15) is 0 Å². The number of methoxy groups -OCH3 is 1. The smallest absolute Gasteiger partial charge is 0.462 e. The lowest BCUT2D eigenvalue weighted by molar-refractivity contribution is 0.0442. The van der Waals surface area contributed by atoms with Gasteiger partial charge < -0.3 is 19.3 Å². The summed E-state index contributed by atoms with van der Waals surface area (Å²) in [5.74, 6) is 0.572. The molecule has 1 rings (SSSR count). The first kappa shape index (κ1) is 28.1. The van der Waals surface area contributed by atoms with Crippen LogP contribution in [-0.2, 0) is 14.2 Å². The molecular weight excluding hydrogens is 360 g/mol. The Morgan fingerprint density at radius 2 is 1.36 bits per heavy atom. The number of carbonyl (C=O) groups excluding carboxylic acids is 2. The van der Waals surface area contributed by atoms with Gasteiger partial charge in [-0.3, -0.25) is 0 Å². The highest BCUT2D eigenvalue weighted by atomic mass is 16.7. The SMILES string of the molecule is CC.CCC(CCOC(=O)OC)C(CC)CCOC(=O)c1ccccc1.CO. The van der Waals surface area contributed by atoms with E-state index >= 15 is 0 Å². The van der Waals surface area contributed by atoms with E-state index in [0.717, 1.165) is 32.8 Å². The maximum Gasteiger partial charge on any atom is 0.507 e. The van der Waals surface area contributed by atoms with E-state index in [0.29, 0.717) is 30.6 Å². The number of hydrogen-bond donors (Lipinski definition) is 1. The van der Waals surface area contributed by atoms with Crippen LogP contribution in [0.15, 0.2) is 30.3 Å². The fraction of sp³-hybridized carbons (Fsp3) is 0.636. The van der Waals surface area contributed by atoms with Gasteiger partial charge >= 0.3 is 12.1 Å². The largest absolute Gasteiger partial charge is 0.507 e. The van der Waals surface area contributed by atoms with Crippen molar-refractivity contribution in [1.82, 2.24) is 0 Å². The van der Waals surface area contributed by atoms with Crippen LogP contribution in [0, 0.1) is 11.8 Å². The molecule has 0 aliphatic rings. The van der Waals surface area contributed by atoms with Gasteiger partial charge in [0, 0.05) is 7.11 Å². The minimum absolute atomic E-state index is 0.285. The molecule has 6 nitrogen and oxygen atoms in total. The molecule has 1 aromatic rings. The van der Waals surface area contributed by atoms with Crippen LogP contribution in [-0.4, -0.2) is 44.7 Å². The summed E-state index contributed by atoms with van der Waals surface area (Å²) in [5, 5.41) is 7.00. The van der Waals surface area contributed by atoms with Crippen LogP contribution >= 0.6 is 0 Å². The predicted octanol–water partition coefficient (Wildman–Crippen LogP) is 5.09. The second-order valence-corrected chi connectivity index (χ2v) is 5.72. The molecule has 1 N–H and O–H groups in total. The van der Waals surface area contributed by atoms with Gasteiger partial charge in [-0.15, -0.1) is 0 Å². The molecule has 2 unspecified atom stereocenters. The molecule has 0 aliphatic carbocycles. The van der Waals surface area contributed by atoms with Crippen molar-refractivity contribution in [2.45, 2.75) is 53.4 Å². The van der Waals surface area contributed by atoms with Gasteiger partial charge in [0.05, 0.1) is 25.9 Å². The summed E-state index contributed by atoms with van der Waals surface area (Å²) in [6, 6.07) is 9.00. The molecule has 0 saturated carbocycles. The molecule has 162 valence electrons. The second-order valence-electron chi connectivity index (χ2n) is 5.72. The number of rotatable bonds is 10. The Kier molecular flexibility index (Phi) is 19.8. The van der Waals surface area contributed by atoms with Gasteiger partial charge in [0.25, 0.3) is 0 Å². The van der Waals surface area contributed by atoms with Crippen molar-refractivity contribution >= 4 is 12.1 Å². The zero-order valence-corrected chi connectivity index (χ0v) is 18.3. The van der Waals surface area contributed by atoms with Gasteiger partial charge in [-0.25, -0.2) is 9.59 Å². The molecule has 6 heteroatoms. The highest BCUT2D eigenvalue weighted by molar-refractivity contribution is 5.89. The summed E-state index contributed by atoms with van der Waals surface area (Å²) in [4.78, 5) is 22.9. The Morgan fingerprint density at radius 1 is 0.893 bits per heavy atom. The van der Waals surface area contributed by atoms with E-state index < -0.39 is 6.16 Å². The molecule has 0 saturated heterocycles. The average Bonchev–Trinajstić information content (AvgIpc) is 2.77. The van der Waals surface area contributed by atoms with E-state index in [2.05, 4.69) is 18.6 Å². The number of aliphatic hydroxyl groups excluding tert-OH is 1. The molecule has 0 radical (unpaired) electrons. The second kappa shape index (κ2) is 19.7. The fourth-order valence-electron chi connectivity index (χ4n) is 2.86. The minimum atomic E-state index is -0.644. The first-order valence-corrected chi connectivity index (χ1v) is 9.99. The van der Waals surface area contributed by atoms with Crippen molar-refractivity contribution in [3.8, 4) is 0 Å². The number of carbonyl (C=O) groups is 2. The average molecular weight is 399 g/mol. The number of hydrogen-bond acceptors (Lipinski definition) is 6. The molecular formula is C22H38O6. The van der Waals surface area contributed by atoms with Gasteiger partial charge in [0.15, 0.2) is 0 Å². The monoisotopic (exact) mass is 398 g/mol. The van der Waals surface area contributed by atoms with Gasteiger partial charge in [0.2, 0.25) is 0 Å². The van der Waals surface area contributed by atoms with Crippen molar-refractivity contribution in [3.05, 3.63) is 35.9 Å². The van der Waals surface area contributed by atoms with Crippen molar-refractivity contribution in [1.29, 1.82) is 0 Å². The van der Waals surface area contributed by atoms with Crippen LogP contribution in [0.4, 0.5) is 4.79 Å². The summed E-state index contributed by atoms with van der Waals surface area (Å²) in [7, 11) is 2.30. The quantitative estimate of drug-likeness (QED) is 0.553. The van der Waals surface area contributed by atoms with Crippen LogP contribution in [0.5, 0.6) is 0 Å². The molecule has 0 amide bonds. The van der Waals surface area contributed by atoms with Crippen molar-refractivity contribution in [3.63, 3.8) is 0 Å². The van der Waals surface area contributed by atoms with Gasteiger partial charge in [-0.2, -0.15) is 0 Å². The molecule has 28 heavy (non-hydrogen) atoms. The zero-order valence-electron chi connectivity index (χ0n) is 18.3. The third-order valence-corrected chi connectivity index (χ3v) is 4.32. The van der Waals surface area contributed by atoms with Crippen LogP contribution < -0.4 is 0 Å². The Labute approximate surface area is 170 Å². The maximum atomic E-state index is 11.9. The Bertz CT molecular complexity index is 489. The summed E-state index contributed by atoms with van der Waals surface area (Å²) < 4.78 is 14.8. The van der Waals surface area contributed by atoms with Crippen molar-refractivity contribution in [2.75, 3.05) is 27.4 Å². The molecule has 0 aromatic heterocycles. The summed E-state index contributed by atoms with van der Waals surface area (Å²) in [6.07, 6.45) is 2.95. The molecule has 0 spiro atoms. The third-order valence-electron chi connectivity index (χ3n) is 4.32. The predicted molar refractivity (Wildman–Crippen MR) is 111 cm³/mol. The first-order valence-electron chi connectivity index (χ1n) is 9.99. The third kappa shape index (κ3) is 12.3. The summed E-state index contributed by atoms with van der Waals surface area (Å²) in [5.41, 5.74) is 0.573. The van der Waals surface area contributed by atoms with Gasteiger partial charge in [-0.05, 0) is 36.8 Å².